The molecule has 1 aliphatic heterocycles. The van der Waals surface area contributed by atoms with Gasteiger partial charge in [0.1, 0.15) is 30.2 Å². The molecule has 1 heterocycles. The van der Waals surface area contributed by atoms with Crippen molar-refractivity contribution in [2.75, 3.05) is 6.61 Å². The summed E-state index contributed by atoms with van der Waals surface area (Å²) in [6, 6.07) is -8.05. The first-order valence-electron chi connectivity index (χ1n) is 16.0. The first-order valence-corrected chi connectivity index (χ1v) is 16.0. The van der Waals surface area contributed by atoms with Crippen LogP contribution >= 0.6 is 0 Å². The Morgan fingerprint density at radius 2 is 1.23 bits per heavy atom. The van der Waals surface area contributed by atoms with Crippen molar-refractivity contribution in [2.24, 2.45) is 23.5 Å². The van der Waals surface area contributed by atoms with Crippen LogP contribution in [0.2, 0.25) is 0 Å². The third-order valence-corrected chi connectivity index (χ3v) is 8.43. The lowest BCUT2D eigenvalue weighted by molar-refractivity contribution is -0.142. The van der Waals surface area contributed by atoms with E-state index in [2.05, 4.69) is 31.9 Å². The van der Waals surface area contributed by atoms with Gasteiger partial charge in [-0.1, -0.05) is 47.0 Å². The van der Waals surface area contributed by atoms with E-state index in [1.54, 1.807) is 13.8 Å². The summed E-state index contributed by atoms with van der Waals surface area (Å²) >= 11 is 0. The van der Waals surface area contributed by atoms with Crippen molar-refractivity contribution in [1.82, 2.24) is 31.9 Å². The van der Waals surface area contributed by atoms with Gasteiger partial charge in [-0.15, -0.1) is 0 Å². The molecule has 2 aliphatic rings. The summed E-state index contributed by atoms with van der Waals surface area (Å²) in [5.74, 6) is -9.02. The van der Waals surface area contributed by atoms with E-state index < -0.39 is 115 Å². The third kappa shape index (κ3) is 11.8. The number of aliphatic carboxylic acids is 1. The monoisotopic (exact) mass is 667 g/mol. The number of aliphatic hydroxyl groups excluding tert-OH is 1. The van der Waals surface area contributed by atoms with E-state index in [1.807, 2.05) is 13.8 Å². The van der Waals surface area contributed by atoms with Gasteiger partial charge in [0.2, 0.25) is 41.4 Å². The van der Waals surface area contributed by atoms with Crippen molar-refractivity contribution in [3.8, 4) is 0 Å². The van der Waals surface area contributed by atoms with Crippen molar-refractivity contribution in [3.63, 3.8) is 0 Å². The van der Waals surface area contributed by atoms with Crippen LogP contribution in [0.15, 0.2) is 0 Å². The van der Waals surface area contributed by atoms with Crippen molar-refractivity contribution in [3.05, 3.63) is 0 Å². The lowest BCUT2D eigenvalue weighted by Gasteiger charge is -2.33. The summed E-state index contributed by atoms with van der Waals surface area (Å²) in [6.45, 7) is 6.08. The van der Waals surface area contributed by atoms with Gasteiger partial charge in [-0.25, -0.2) is 0 Å². The minimum Gasteiger partial charge on any atom is -0.481 e. The number of carboxylic acid groups (broad SMARTS) is 1. The zero-order chi connectivity index (χ0) is 35.4. The lowest BCUT2D eigenvalue weighted by Crippen LogP contribution is -2.61. The number of nitrogens with one attached hydrogen (secondary N) is 6. The zero-order valence-corrected chi connectivity index (χ0v) is 27.3. The highest BCUT2D eigenvalue weighted by molar-refractivity contribution is 5.99. The van der Waals surface area contributed by atoms with Crippen LogP contribution in [0.25, 0.3) is 0 Å². The van der Waals surface area contributed by atoms with E-state index in [0.29, 0.717) is 32.1 Å². The second-order valence-corrected chi connectivity index (χ2v) is 12.7. The zero-order valence-electron chi connectivity index (χ0n) is 27.3. The molecule has 1 saturated carbocycles. The largest absolute Gasteiger partial charge is 0.481 e. The van der Waals surface area contributed by atoms with Crippen molar-refractivity contribution < 1.29 is 48.6 Å². The molecule has 0 spiro atoms. The van der Waals surface area contributed by atoms with Gasteiger partial charge in [-0.3, -0.25) is 38.4 Å². The Kier molecular flexibility index (Phi) is 15.0. The molecule has 0 aromatic carbocycles. The van der Waals surface area contributed by atoms with Gasteiger partial charge in [-0.05, 0) is 31.1 Å². The maximum absolute atomic E-state index is 13.6. The summed E-state index contributed by atoms with van der Waals surface area (Å²) in [5, 5.41) is 34.5. The quantitative estimate of drug-likeness (QED) is 0.125. The van der Waals surface area contributed by atoms with Crippen LogP contribution in [0, 0.1) is 17.8 Å². The molecule has 1 saturated heterocycles. The molecule has 10 N–H and O–H groups in total. The topological polar surface area (TPSA) is 275 Å². The van der Waals surface area contributed by atoms with E-state index in [0.717, 1.165) is 0 Å². The van der Waals surface area contributed by atoms with Crippen LogP contribution in [-0.2, 0) is 38.4 Å². The second kappa shape index (κ2) is 18.2. The number of carbonyl (C=O) groups is 8. The van der Waals surface area contributed by atoms with Crippen LogP contribution in [-0.4, -0.2) is 100 Å². The molecule has 47 heavy (non-hydrogen) atoms. The van der Waals surface area contributed by atoms with E-state index in [-0.39, 0.29) is 12.3 Å². The average Bonchev–Trinajstić information content (AvgIpc) is 2.99. The first-order chi connectivity index (χ1) is 22.1. The third-order valence-electron chi connectivity index (χ3n) is 8.43. The molecule has 4 unspecified atom stereocenters. The maximum Gasteiger partial charge on any atom is 0.305 e. The number of nitrogens with two attached hydrogens (primary N) is 1. The molecule has 7 amide bonds. The average molecular weight is 668 g/mol. The van der Waals surface area contributed by atoms with Crippen LogP contribution < -0.4 is 37.6 Å². The van der Waals surface area contributed by atoms with E-state index in [4.69, 9.17) is 5.73 Å². The highest BCUT2D eigenvalue weighted by Gasteiger charge is 2.39. The molecular weight excluding hydrogens is 618 g/mol. The molecular formula is C30H49N7O10. The molecule has 264 valence electrons. The molecule has 0 bridgehead atoms. The van der Waals surface area contributed by atoms with Crippen molar-refractivity contribution >= 4 is 47.3 Å². The number of amides is 7. The van der Waals surface area contributed by atoms with Gasteiger partial charge in [0.25, 0.3) is 0 Å². The molecule has 0 aromatic rings. The van der Waals surface area contributed by atoms with Gasteiger partial charge in [-0.2, -0.15) is 0 Å². The number of fused-ring (bicyclic) bond motifs is 1. The Bertz CT molecular complexity index is 1200. The Balaban J connectivity index is 2.61. The molecule has 17 nitrogen and oxygen atoms in total. The smallest absolute Gasteiger partial charge is 0.305 e. The Hall–Kier alpha value is -4.28. The predicted molar refractivity (Wildman–Crippen MR) is 166 cm³/mol. The number of carbonyl (C=O) groups excluding carboxylic acids is 7. The SMILES string of the molecule is CCC(C)C1NC(=O)C(CC(=O)O)NC(=O)[C@H](CC(C)C)NC(=O)[C@H]2CCCC[C@@H]2NC(=O)[C@H](CO)NC(=O)C(CC(N)=O)NC1=O. The Morgan fingerprint density at radius 1 is 0.723 bits per heavy atom. The number of hydrogen-bond donors (Lipinski definition) is 9. The second-order valence-electron chi connectivity index (χ2n) is 12.7. The van der Waals surface area contributed by atoms with Gasteiger partial charge in [0.15, 0.2) is 0 Å². The Morgan fingerprint density at radius 3 is 1.81 bits per heavy atom. The maximum atomic E-state index is 13.6. The van der Waals surface area contributed by atoms with Crippen LogP contribution in [0.3, 0.4) is 0 Å². The molecule has 1 aliphatic carbocycles. The summed E-state index contributed by atoms with van der Waals surface area (Å²) in [5.41, 5.74) is 5.32. The number of carboxylic acids is 1. The molecule has 0 aromatic heterocycles. The van der Waals surface area contributed by atoms with Crippen LogP contribution in [0.5, 0.6) is 0 Å². The first kappa shape index (κ1) is 38.9. The van der Waals surface area contributed by atoms with Gasteiger partial charge in [0.05, 0.1) is 25.4 Å². The highest BCUT2D eigenvalue weighted by Crippen LogP contribution is 2.25. The predicted octanol–water partition coefficient (Wildman–Crippen LogP) is -2.47. The minimum absolute atomic E-state index is 0.109. The summed E-state index contributed by atoms with van der Waals surface area (Å²) < 4.78 is 0. The number of hydrogen-bond acceptors (Lipinski definition) is 9. The molecule has 8 atom stereocenters. The highest BCUT2D eigenvalue weighted by atomic mass is 16.4. The fourth-order valence-corrected chi connectivity index (χ4v) is 5.63. The van der Waals surface area contributed by atoms with Gasteiger partial charge in [0, 0.05) is 6.04 Å². The van der Waals surface area contributed by atoms with Gasteiger partial charge >= 0.3 is 5.97 Å². The van der Waals surface area contributed by atoms with Gasteiger partial charge < -0.3 is 47.8 Å². The van der Waals surface area contributed by atoms with Crippen molar-refractivity contribution in [2.45, 2.75) is 115 Å². The van der Waals surface area contributed by atoms with Crippen molar-refractivity contribution in [1.29, 1.82) is 0 Å². The molecule has 2 fully saturated rings. The van der Waals surface area contributed by atoms with E-state index in [9.17, 15) is 48.6 Å². The number of aliphatic hydroxyl groups is 1. The number of primary amides is 1. The summed E-state index contributed by atoms with van der Waals surface area (Å²) in [7, 11) is 0. The standard InChI is InChI=1S/C30H49N7O10/c1-5-15(4)24-30(47)35-19(11-22(31)39)27(44)36-21(13-38)29(46)32-17-9-7-6-8-16(17)25(42)33-18(10-14(2)3)26(43)34-20(12-23(40)41)28(45)37-24/h14-21,24,38H,5-13H2,1-4H3,(H2,31,39)(H,32,46)(H,33,42)(H,34,43)(H,35,47)(H,36,44)(H,37,45)(H,40,41)/t15?,16-,17-,18-,19?,20?,21-,24?/m0/s1. The fraction of sp³-hybridized carbons (Fsp3) is 0.733. The number of rotatable bonds is 9. The molecule has 2 rings (SSSR count). The van der Waals surface area contributed by atoms with E-state index in [1.165, 1.54) is 0 Å². The summed E-state index contributed by atoms with van der Waals surface area (Å²) in [6.07, 6.45) is 0.985. The minimum atomic E-state index is -1.65. The molecule has 17 heteroatoms. The normalized spacial score (nSPS) is 29.3. The van der Waals surface area contributed by atoms with Crippen LogP contribution in [0.1, 0.15) is 79.1 Å². The Labute approximate surface area is 273 Å². The summed E-state index contributed by atoms with van der Waals surface area (Å²) in [4.78, 5) is 104. The van der Waals surface area contributed by atoms with E-state index >= 15 is 0 Å². The van der Waals surface area contributed by atoms with Crippen LogP contribution in [0.4, 0.5) is 0 Å². The lowest BCUT2D eigenvalue weighted by atomic mass is 9.83. The fourth-order valence-electron chi connectivity index (χ4n) is 5.63. The molecule has 0 radical (unpaired) electrons.